The third-order valence-electron chi connectivity index (χ3n) is 2.36. The maximum Gasteiger partial charge on any atom is 0.418 e. The molecule has 0 aliphatic carbocycles. The van der Waals surface area contributed by atoms with Gasteiger partial charge in [0.2, 0.25) is 0 Å². The summed E-state index contributed by atoms with van der Waals surface area (Å²) < 4.78 is 39.0. The second-order valence-corrected chi connectivity index (χ2v) is 5.36. The largest absolute Gasteiger partial charge is 0.418 e. The fourth-order valence-corrected chi connectivity index (χ4v) is 3.23. The fraction of sp³-hybridized carbons (Fsp3) is 0.400. The Labute approximate surface area is 104 Å². The molecule has 0 N–H and O–H groups in total. The van der Waals surface area contributed by atoms with Crippen LogP contribution in [0.1, 0.15) is 5.56 Å². The molecule has 0 saturated carbocycles. The Balaban J connectivity index is 2.48. The van der Waals surface area contributed by atoms with Crippen molar-refractivity contribution < 1.29 is 13.2 Å². The summed E-state index contributed by atoms with van der Waals surface area (Å²) in [7, 11) is 0. The Kier molecular flexibility index (Phi) is 3.39. The Morgan fingerprint density at radius 3 is 2.62 bits per heavy atom. The van der Waals surface area contributed by atoms with Crippen molar-refractivity contribution >= 4 is 33.4 Å². The van der Waals surface area contributed by atoms with E-state index in [9.17, 15) is 13.2 Å². The number of rotatable bonds is 1. The molecular weight excluding hydrogens is 303 g/mol. The number of halogens is 4. The smallest absolute Gasteiger partial charge is 0.360 e. The van der Waals surface area contributed by atoms with Gasteiger partial charge in [0, 0.05) is 16.8 Å². The van der Waals surface area contributed by atoms with E-state index in [2.05, 4.69) is 15.9 Å². The number of para-hydroxylation sites is 1. The van der Waals surface area contributed by atoms with E-state index in [1.165, 1.54) is 6.07 Å². The molecule has 0 bridgehead atoms. The minimum absolute atomic E-state index is 0.264. The van der Waals surface area contributed by atoms with Crippen LogP contribution in [-0.2, 0) is 6.18 Å². The number of thioether (sulfide) groups is 1. The predicted molar refractivity (Wildman–Crippen MR) is 63.8 cm³/mol. The van der Waals surface area contributed by atoms with Crippen LogP contribution >= 0.6 is 27.7 Å². The van der Waals surface area contributed by atoms with E-state index in [-0.39, 0.29) is 5.69 Å². The van der Waals surface area contributed by atoms with Gasteiger partial charge >= 0.3 is 6.18 Å². The quantitative estimate of drug-likeness (QED) is 0.772. The molecular formula is C10H9BrF3NS. The first-order valence-electron chi connectivity index (χ1n) is 4.68. The summed E-state index contributed by atoms with van der Waals surface area (Å²) in [5, 5.41) is 0. The summed E-state index contributed by atoms with van der Waals surface area (Å²) in [5.74, 6) is 1.49. The number of benzene rings is 1. The number of anilines is 1. The highest BCUT2D eigenvalue weighted by atomic mass is 79.9. The molecule has 1 aliphatic rings. The maximum absolute atomic E-state index is 12.8. The van der Waals surface area contributed by atoms with E-state index >= 15 is 0 Å². The Hall–Kier alpha value is -0.360. The molecule has 1 aromatic carbocycles. The molecule has 2 rings (SSSR count). The van der Waals surface area contributed by atoms with Crippen LogP contribution in [0.25, 0.3) is 0 Å². The normalized spacial score (nSPS) is 16.9. The van der Waals surface area contributed by atoms with Crippen molar-refractivity contribution in [2.45, 2.75) is 6.18 Å². The molecule has 0 spiro atoms. The zero-order valence-corrected chi connectivity index (χ0v) is 10.6. The Morgan fingerprint density at radius 1 is 1.31 bits per heavy atom. The molecule has 1 saturated heterocycles. The van der Waals surface area contributed by atoms with Crippen molar-refractivity contribution in [2.75, 3.05) is 23.1 Å². The van der Waals surface area contributed by atoms with Crippen LogP contribution in [0, 0.1) is 0 Å². The van der Waals surface area contributed by atoms with Crippen molar-refractivity contribution in [1.82, 2.24) is 0 Å². The molecule has 0 unspecified atom stereocenters. The third-order valence-corrected chi connectivity index (χ3v) is 3.97. The molecule has 1 fully saturated rings. The van der Waals surface area contributed by atoms with Gasteiger partial charge in [-0.15, -0.1) is 11.8 Å². The third kappa shape index (κ3) is 2.32. The van der Waals surface area contributed by atoms with Gasteiger partial charge in [-0.25, -0.2) is 0 Å². The SMILES string of the molecule is FC(F)(F)c1cccc(Br)c1N1CCSC1. The number of hydrogen-bond acceptors (Lipinski definition) is 2. The number of alkyl halides is 3. The van der Waals surface area contributed by atoms with E-state index < -0.39 is 11.7 Å². The van der Waals surface area contributed by atoms with Crippen LogP contribution in [0.15, 0.2) is 22.7 Å². The average molecular weight is 312 g/mol. The van der Waals surface area contributed by atoms with Crippen LogP contribution in [-0.4, -0.2) is 18.2 Å². The van der Waals surface area contributed by atoms with Gasteiger partial charge in [0.25, 0.3) is 0 Å². The van der Waals surface area contributed by atoms with Crippen LogP contribution < -0.4 is 4.90 Å². The second kappa shape index (κ2) is 4.49. The molecule has 88 valence electrons. The first-order chi connectivity index (χ1) is 7.50. The topological polar surface area (TPSA) is 3.24 Å². The molecule has 1 aliphatic heterocycles. The first kappa shape index (κ1) is 12.1. The predicted octanol–water partition coefficient (Wildman–Crippen LogP) is 3.98. The average Bonchev–Trinajstić information content (AvgIpc) is 2.68. The summed E-state index contributed by atoms with van der Waals surface area (Å²) in [5.41, 5.74) is -0.302. The lowest BCUT2D eigenvalue weighted by atomic mass is 10.1. The second-order valence-electron chi connectivity index (χ2n) is 3.43. The van der Waals surface area contributed by atoms with Crippen LogP contribution in [0.5, 0.6) is 0 Å². The fourth-order valence-electron chi connectivity index (χ4n) is 1.66. The number of nitrogens with zero attached hydrogens (tertiary/aromatic N) is 1. The van der Waals surface area contributed by atoms with Crippen LogP contribution in [0.2, 0.25) is 0 Å². The van der Waals surface area contributed by atoms with Crippen molar-refractivity contribution in [3.63, 3.8) is 0 Å². The van der Waals surface area contributed by atoms with Crippen molar-refractivity contribution in [3.8, 4) is 0 Å². The minimum atomic E-state index is -4.30. The molecule has 1 nitrogen and oxygen atoms in total. The Bertz CT molecular complexity index is 388. The van der Waals surface area contributed by atoms with Crippen molar-refractivity contribution in [1.29, 1.82) is 0 Å². The van der Waals surface area contributed by atoms with E-state index in [0.717, 1.165) is 11.8 Å². The van der Waals surface area contributed by atoms with Crippen molar-refractivity contribution in [3.05, 3.63) is 28.2 Å². The van der Waals surface area contributed by atoms with Gasteiger partial charge in [0.15, 0.2) is 0 Å². The summed E-state index contributed by atoms with van der Waals surface area (Å²) in [6.07, 6.45) is -4.30. The van der Waals surface area contributed by atoms with E-state index in [4.69, 9.17) is 0 Å². The van der Waals surface area contributed by atoms with Gasteiger partial charge in [0.05, 0.1) is 17.1 Å². The summed E-state index contributed by atoms with van der Waals surface area (Å²) in [4.78, 5) is 1.76. The lowest BCUT2D eigenvalue weighted by Crippen LogP contribution is -2.22. The van der Waals surface area contributed by atoms with Crippen molar-refractivity contribution in [2.24, 2.45) is 0 Å². The molecule has 0 aromatic heterocycles. The monoisotopic (exact) mass is 311 g/mol. The molecule has 1 aromatic rings. The summed E-state index contributed by atoms with van der Waals surface area (Å²) in [6, 6.07) is 4.19. The maximum atomic E-state index is 12.8. The first-order valence-corrected chi connectivity index (χ1v) is 6.63. The highest BCUT2D eigenvalue weighted by Crippen LogP contribution is 2.42. The molecule has 6 heteroatoms. The zero-order chi connectivity index (χ0) is 11.8. The van der Waals surface area contributed by atoms with E-state index in [1.807, 2.05) is 0 Å². The van der Waals surface area contributed by atoms with Gasteiger partial charge in [-0.1, -0.05) is 6.07 Å². The molecule has 0 radical (unpaired) electrons. The summed E-state index contributed by atoms with van der Waals surface area (Å²) >= 11 is 4.84. The standard InChI is InChI=1S/C10H9BrF3NS/c11-8-3-1-2-7(10(12,13)14)9(8)15-4-5-16-6-15/h1-3H,4-6H2. The van der Waals surface area contributed by atoms with Gasteiger partial charge in [-0.3, -0.25) is 0 Å². The lowest BCUT2D eigenvalue weighted by Gasteiger charge is -2.23. The highest BCUT2D eigenvalue weighted by Gasteiger charge is 2.36. The van der Waals surface area contributed by atoms with Crippen LogP contribution in [0.4, 0.5) is 18.9 Å². The molecule has 0 amide bonds. The Morgan fingerprint density at radius 2 is 2.06 bits per heavy atom. The molecule has 16 heavy (non-hydrogen) atoms. The molecule has 1 heterocycles. The van der Waals surface area contributed by atoms with Crippen LogP contribution in [0.3, 0.4) is 0 Å². The summed E-state index contributed by atoms with van der Waals surface area (Å²) in [6.45, 7) is 0.663. The van der Waals surface area contributed by atoms with Gasteiger partial charge < -0.3 is 4.90 Å². The van der Waals surface area contributed by atoms with Gasteiger partial charge in [-0.2, -0.15) is 13.2 Å². The van der Waals surface area contributed by atoms with Gasteiger partial charge in [0.1, 0.15) is 0 Å². The molecule has 0 atom stereocenters. The van der Waals surface area contributed by atoms with Gasteiger partial charge in [-0.05, 0) is 28.1 Å². The zero-order valence-electron chi connectivity index (χ0n) is 8.22. The minimum Gasteiger partial charge on any atom is -0.360 e. The van der Waals surface area contributed by atoms with E-state index in [0.29, 0.717) is 16.9 Å². The lowest BCUT2D eigenvalue weighted by molar-refractivity contribution is -0.137. The van der Waals surface area contributed by atoms with E-state index in [1.54, 1.807) is 22.7 Å². The highest BCUT2D eigenvalue weighted by molar-refractivity contribution is 9.10. The number of hydrogen-bond donors (Lipinski definition) is 0.